The molecule has 0 radical (unpaired) electrons. The van der Waals surface area contributed by atoms with Gasteiger partial charge in [-0.15, -0.1) is 0 Å². The zero-order valence-corrected chi connectivity index (χ0v) is 24.6. The number of fused-ring (bicyclic) bond motifs is 1. The standard InChI is InChI=1S/C22H31N5O2.C5H7N.C4H10/c1-16(2)24-12-11-18(4)25-26-22(28)27-15-19(23)8-6-5-7-13-29-21-10-9-17(3)14-20(21)27;1-6-4-2-3-5-6;1-3-4-2/h5-10,14,16,23-25H,4,11-13,15H2,1-3H3,(H,26,28);2-5H,1H3;3-4H2,1-2H3/b7-5-,8-6-,23-19?;;. The van der Waals surface area contributed by atoms with Crippen LogP contribution in [0.5, 0.6) is 5.75 Å². The Bertz CT molecular complexity index is 1060. The minimum atomic E-state index is -0.385. The zero-order chi connectivity index (χ0) is 29.0. The van der Waals surface area contributed by atoms with Gasteiger partial charge in [0.25, 0.3) is 0 Å². The third-order valence-corrected chi connectivity index (χ3v) is 5.44. The van der Waals surface area contributed by atoms with E-state index in [0.29, 0.717) is 41.9 Å². The highest BCUT2D eigenvalue weighted by molar-refractivity contribution is 6.04. The summed E-state index contributed by atoms with van der Waals surface area (Å²) >= 11 is 0. The molecule has 2 amide bonds. The van der Waals surface area contributed by atoms with Crippen LogP contribution in [0.25, 0.3) is 0 Å². The van der Waals surface area contributed by atoms with Gasteiger partial charge in [0.05, 0.1) is 17.9 Å². The number of urea groups is 1. The molecular weight excluding hydrogens is 488 g/mol. The number of anilines is 1. The Hall–Kier alpha value is -3.78. The molecule has 2 heterocycles. The maximum atomic E-state index is 13.0. The van der Waals surface area contributed by atoms with Gasteiger partial charge in [-0.25, -0.2) is 4.79 Å². The number of hydrogen-bond acceptors (Lipinski definition) is 5. The molecule has 0 saturated carbocycles. The molecule has 1 aromatic carbocycles. The maximum absolute atomic E-state index is 13.0. The number of carbonyl (C=O) groups excluding carboxylic acids is 1. The minimum absolute atomic E-state index is 0.110. The lowest BCUT2D eigenvalue weighted by Gasteiger charge is -2.26. The first kappa shape index (κ1) is 33.2. The molecule has 0 fully saturated rings. The fraction of sp³-hybridized carbons (Fsp3) is 0.419. The van der Waals surface area contributed by atoms with Crippen molar-refractivity contribution in [3.05, 3.63) is 84.9 Å². The van der Waals surface area contributed by atoms with E-state index in [9.17, 15) is 4.79 Å². The van der Waals surface area contributed by atoms with E-state index in [4.69, 9.17) is 10.1 Å². The number of nitrogens with zero attached hydrogens (tertiary/aromatic N) is 2. The van der Waals surface area contributed by atoms with Crippen molar-refractivity contribution in [1.29, 1.82) is 5.41 Å². The lowest BCUT2D eigenvalue weighted by Crippen LogP contribution is -2.48. The Morgan fingerprint density at radius 3 is 2.41 bits per heavy atom. The van der Waals surface area contributed by atoms with Crippen molar-refractivity contribution in [2.75, 3.05) is 24.6 Å². The molecule has 1 aliphatic heterocycles. The number of carbonyl (C=O) groups is 1. The van der Waals surface area contributed by atoms with Gasteiger partial charge in [0.1, 0.15) is 12.4 Å². The first-order valence-electron chi connectivity index (χ1n) is 13.6. The quantitative estimate of drug-likeness (QED) is 0.314. The summed E-state index contributed by atoms with van der Waals surface area (Å²) in [6.45, 7) is 15.7. The summed E-state index contributed by atoms with van der Waals surface area (Å²) in [7, 11) is 2.00. The van der Waals surface area contributed by atoms with Crippen LogP contribution in [0.1, 0.15) is 52.5 Å². The van der Waals surface area contributed by atoms with E-state index in [1.54, 1.807) is 12.2 Å². The van der Waals surface area contributed by atoms with E-state index in [1.165, 1.54) is 17.7 Å². The average Bonchev–Trinajstić information content (AvgIpc) is 3.38. The first-order chi connectivity index (χ1) is 18.7. The second kappa shape index (κ2) is 19.3. The van der Waals surface area contributed by atoms with Crippen LogP contribution in [0.15, 0.2) is 79.3 Å². The Morgan fingerprint density at radius 1 is 1.13 bits per heavy atom. The van der Waals surface area contributed by atoms with E-state index in [-0.39, 0.29) is 12.6 Å². The number of unbranched alkanes of at least 4 members (excludes halogenated alkanes) is 1. The first-order valence-corrected chi connectivity index (χ1v) is 13.6. The monoisotopic (exact) mass is 536 g/mol. The molecule has 0 bridgehead atoms. The Morgan fingerprint density at radius 2 is 1.82 bits per heavy atom. The average molecular weight is 537 g/mol. The van der Waals surface area contributed by atoms with Crippen LogP contribution in [0.4, 0.5) is 10.5 Å². The van der Waals surface area contributed by atoms with E-state index in [2.05, 4.69) is 50.4 Å². The number of hydrogen-bond donors (Lipinski definition) is 4. The van der Waals surface area contributed by atoms with Crippen molar-refractivity contribution in [2.24, 2.45) is 7.05 Å². The number of allylic oxidation sites excluding steroid dienone is 2. The molecule has 1 aliphatic rings. The van der Waals surface area contributed by atoms with Gasteiger partial charge in [-0.3, -0.25) is 10.3 Å². The normalized spacial score (nSPS) is 14.2. The summed E-state index contributed by atoms with van der Waals surface area (Å²) < 4.78 is 7.83. The molecule has 214 valence electrons. The maximum Gasteiger partial charge on any atom is 0.340 e. The molecule has 8 nitrogen and oxygen atoms in total. The molecular formula is C31H48N6O2. The van der Waals surface area contributed by atoms with Crippen LogP contribution in [-0.2, 0) is 7.05 Å². The van der Waals surface area contributed by atoms with Crippen LogP contribution in [0.3, 0.4) is 0 Å². The highest BCUT2D eigenvalue weighted by Gasteiger charge is 2.21. The van der Waals surface area contributed by atoms with Crippen molar-refractivity contribution in [3.8, 4) is 5.75 Å². The Kier molecular flexibility index (Phi) is 16.5. The van der Waals surface area contributed by atoms with E-state index >= 15 is 0 Å². The van der Waals surface area contributed by atoms with Gasteiger partial charge in [0.2, 0.25) is 0 Å². The topological polar surface area (TPSA) is 94.4 Å². The van der Waals surface area contributed by atoms with Gasteiger partial charge in [0.15, 0.2) is 0 Å². The smallest absolute Gasteiger partial charge is 0.340 e. The molecule has 0 atom stereocenters. The summed E-state index contributed by atoms with van der Waals surface area (Å²) in [5, 5.41) is 11.5. The van der Waals surface area contributed by atoms with Gasteiger partial charge >= 0.3 is 6.03 Å². The highest BCUT2D eigenvalue weighted by Crippen LogP contribution is 2.30. The van der Waals surface area contributed by atoms with E-state index in [1.807, 2.05) is 73.4 Å². The number of aryl methyl sites for hydroxylation is 2. The molecule has 39 heavy (non-hydrogen) atoms. The van der Waals surface area contributed by atoms with Crippen LogP contribution in [-0.4, -0.2) is 42.0 Å². The van der Waals surface area contributed by atoms with Crippen molar-refractivity contribution in [2.45, 2.75) is 59.9 Å². The number of nitrogens with one attached hydrogen (secondary N) is 4. The highest BCUT2D eigenvalue weighted by atomic mass is 16.5. The van der Waals surface area contributed by atoms with Gasteiger partial charge < -0.3 is 25.5 Å². The third-order valence-electron chi connectivity index (χ3n) is 5.44. The second-order valence-corrected chi connectivity index (χ2v) is 9.55. The van der Waals surface area contributed by atoms with Crippen LogP contribution < -0.4 is 25.8 Å². The largest absolute Gasteiger partial charge is 0.487 e. The summed E-state index contributed by atoms with van der Waals surface area (Å²) in [6, 6.07) is 9.67. The number of ether oxygens (including phenoxy) is 1. The van der Waals surface area contributed by atoms with Crippen molar-refractivity contribution in [1.82, 2.24) is 20.7 Å². The number of rotatable bonds is 7. The summed E-state index contributed by atoms with van der Waals surface area (Å²) in [5.74, 6) is 0.588. The Labute approximate surface area is 235 Å². The molecule has 2 aromatic rings. The number of hydrazine groups is 1. The summed E-state index contributed by atoms with van der Waals surface area (Å²) in [6.07, 6.45) is 14.4. The fourth-order valence-electron chi connectivity index (χ4n) is 3.10. The van der Waals surface area contributed by atoms with Crippen LogP contribution in [0.2, 0.25) is 0 Å². The van der Waals surface area contributed by atoms with Gasteiger partial charge in [-0.05, 0) is 48.9 Å². The predicted octanol–water partition coefficient (Wildman–Crippen LogP) is 6.27. The molecule has 3 rings (SSSR count). The van der Waals surface area contributed by atoms with Crippen LogP contribution in [0, 0.1) is 12.3 Å². The molecule has 1 aromatic heterocycles. The molecule has 8 heteroatoms. The van der Waals surface area contributed by atoms with Crippen LogP contribution >= 0.6 is 0 Å². The van der Waals surface area contributed by atoms with Gasteiger partial charge in [-0.1, -0.05) is 65.3 Å². The molecule has 0 aliphatic carbocycles. The summed E-state index contributed by atoms with van der Waals surface area (Å²) in [4.78, 5) is 14.4. The molecule has 4 N–H and O–H groups in total. The molecule has 0 saturated heterocycles. The second-order valence-electron chi connectivity index (χ2n) is 9.55. The lowest BCUT2D eigenvalue weighted by molar-refractivity contribution is 0.243. The van der Waals surface area contributed by atoms with Crippen molar-refractivity contribution < 1.29 is 9.53 Å². The fourth-order valence-corrected chi connectivity index (χ4v) is 3.10. The van der Waals surface area contributed by atoms with Crippen molar-refractivity contribution in [3.63, 3.8) is 0 Å². The zero-order valence-electron chi connectivity index (χ0n) is 24.6. The van der Waals surface area contributed by atoms with E-state index < -0.39 is 0 Å². The third kappa shape index (κ3) is 14.7. The number of amides is 2. The predicted molar refractivity (Wildman–Crippen MR) is 165 cm³/mol. The SMILES string of the molecule is C=C(CCNC(C)C)NNC(=O)N1CC(=N)/C=C\C=C/COc2ccc(C)cc21.CCCC.Cn1cccc1. The van der Waals surface area contributed by atoms with Gasteiger partial charge in [-0.2, -0.15) is 0 Å². The lowest BCUT2D eigenvalue weighted by atomic mass is 10.2. The van der Waals surface area contributed by atoms with E-state index in [0.717, 1.165) is 12.1 Å². The number of benzene rings is 1. The van der Waals surface area contributed by atoms with Crippen molar-refractivity contribution >= 4 is 17.4 Å². The summed E-state index contributed by atoms with van der Waals surface area (Å²) in [5.41, 5.74) is 8.18. The van der Waals surface area contributed by atoms with Gasteiger partial charge in [0, 0.05) is 44.1 Å². The molecule has 0 spiro atoms. The Balaban J connectivity index is 0.000000637. The minimum Gasteiger partial charge on any atom is -0.487 e. The molecule has 0 unspecified atom stereocenters. The number of aromatic nitrogens is 1.